The maximum Gasteiger partial charge on any atom is 0.416 e. The number of halogens is 5. The molecule has 0 saturated heterocycles. The number of amides is 2. The van der Waals surface area contributed by atoms with E-state index in [4.69, 9.17) is 5.10 Å². The van der Waals surface area contributed by atoms with E-state index in [2.05, 4.69) is 11.1 Å². The van der Waals surface area contributed by atoms with Crippen LogP contribution in [0.4, 0.5) is 27.9 Å². The summed E-state index contributed by atoms with van der Waals surface area (Å²) in [6.45, 7) is 5.91. The van der Waals surface area contributed by atoms with Crippen molar-refractivity contribution in [3.05, 3.63) is 113 Å². The summed E-state index contributed by atoms with van der Waals surface area (Å²) in [5.41, 5.74) is 2.78. The molecule has 2 unspecified atom stereocenters. The monoisotopic (exact) mass is 695 g/mol. The van der Waals surface area contributed by atoms with E-state index in [9.17, 15) is 36.9 Å². The third kappa shape index (κ3) is 8.64. The van der Waals surface area contributed by atoms with Crippen molar-refractivity contribution in [3.63, 3.8) is 0 Å². The molecule has 5 rings (SSSR count). The lowest BCUT2D eigenvalue weighted by atomic mass is 9.83. The number of fused-ring (bicyclic) bond motifs is 1. The Morgan fingerprint density at radius 1 is 1.06 bits per heavy atom. The molecule has 0 bridgehead atoms. The van der Waals surface area contributed by atoms with Crippen LogP contribution >= 0.6 is 0 Å². The molecule has 0 fully saturated rings. The number of nitriles is 1. The number of rotatable bonds is 10. The van der Waals surface area contributed by atoms with Crippen LogP contribution in [0, 0.1) is 17.3 Å². The second kappa shape index (κ2) is 16.4. The van der Waals surface area contributed by atoms with E-state index in [1.807, 2.05) is 63.0 Å². The third-order valence-electron chi connectivity index (χ3n) is 8.33. The van der Waals surface area contributed by atoms with Gasteiger partial charge in [-0.2, -0.15) is 29.1 Å². The van der Waals surface area contributed by atoms with E-state index in [-0.39, 0.29) is 35.7 Å². The van der Waals surface area contributed by atoms with Crippen LogP contribution in [0.15, 0.2) is 78.9 Å². The number of hydrogen-bond donors (Lipinski definition) is 1. The van der Waals surface area contributed by atoms with Gasteiger partial charge in [0.2, 0.25) is 5.91 Å². The number of hydrogen-bond acceptors (Lipinski definition) is 6. The van der Waals surface area contributed by atoms with Gasteiger partial charge in [0, 0.05) is 36.6 Å². The highest BCUT2D eigenvalue weighted by Gasteiger charge is 2.40. The second-order valence-corrected chi connectivity index (χ2v) is 11.9. The fraction of sp³-hybridized carbons (Fsp3) is 0.333. The average Bonchev–Trinajstić information content (AvgIpc) is 3.50. The Kier molecular flexibility index (Phi) is 12.3. The zero-order valence-corrected chi connectivity index (χ0v) is 28.1. The topological polar surface area (TPSA) is 97.5 Å². The molecule has 1 aliphatic heterocycles. The first-order chi connectivity index (χ1) is 23.8. The summed E-state index contributed by atoms with van der Waals surface area (Å²) in [5.74, 6) is -1.08. The summed E-state index contributed by atoms with van der Waals surface area (Å²) in [4.78, 5) is 29.6. The van der Waals surface area contributed by atoms with Crippen molar-refractivity contribution in [1.82, 2.24) is 25.1 Å². The maximum absolute atomic E-state index is 13.8. The van der Waals surface area contributed by atoms with Gasteiger partial charge in [-0.1, -0.05) is 40.9 Å². The quantitative estimate of drug-likeness (QED) is 0.0830. The zero-order chi connectivity index (χ0) is 36.6. The molecule has 1 N–H and O–H groups in total. The SMILES string of the molecule is CCN1C(=O)CC(c2ccc(F)cc2)c2c(C(C)N(C#N)CCCN(C)C)nn(-c3ccccc3)c21.O=C(NF)c1cccc(C(F)(F)F)c1. The van der Waals surface area contributed by atoms with Crippen molar-refractivity contribution in [2.75, 3.05) is 38.6 Å². The highest BCUT2D eigenvalue weighted by atomic mass is 19.4. The number of para-hydroxylation sites is 1. The minimum Gasteiger partial charge on any atom is -0.309 e. The van der Waals surface area contributed by atoms with Crippen LogP contribution in [0.5, 0.6) is 0 Å². The van der Waals surface area contributed by atoms with Gasteiger partial charge in [0.05, 0.1) is 23.0 Å². The molecular formula is C36H38F5N7O2. The number of nitrogens with one attached hydrogen (secondary N) is 1. The Morgan fingerprint density at radius 2 is 1.74 bits per heavy atom. The van der Waals surface area contributed by atoms with Crippen molar-refractivity contribution in [1.29, 1.82) is 5.26 Å². The summed E-state index contributed by atoms with van der Waals surface area (Å²) >= 11 is 0. The highest BCUT2D eigenvalue weighted by Crippen LogP contribution is 2.45. The molecule has 4 aromatic rings. The van der Waals surface area contributed by atoms with Gasteiger partial charge in [0.1, 0.15) is 11.6 Å². The molecule has 14 heteroatoms. The molecule has 0 saturated carbocycles. The number of alkyl halides is 3. The van der Waals surface area contributed by atoms with Crippen molar-refractivity contribution in [2.24, 2.45) is 0 Å². The first kappa shape index (κ1) is 37.5. The Hall–Kier alpha value is -5.29. The van der Waals surface area contributed by atoms with Crippen molar-refractivity contribution in [3.8, 4) is 11.9 Å². The summed E-state index contributed by atoms with van der Waals surface area (Å²) in [6.07, 6.45) is -1.07. The fourth-order valence-corrected chi connectivity index (χ4v) is 5.83. The van der Waals surface area contributed by atoms with E-state index in [0.29, 0.717) is 19.2 Å². The van der Waals surface area contributed by atoms with Crippen LogP contribution in [0.2, 0.25) is 0 Å². The Labute approximate surface area is 287 Å². The molecule has 2 amide bonds. The van der Waals surface area contributed by atoms with Crippen LogP contribution in [-0.4, -0.2) is 65.1 Å². The first-order valence-corrected chi connectivity index (χ1v) is 15.9. The number of carbonyl (C=O) groups excluding carboxylic acids is 2. The van der Waals surface area contributed by atoms with Crippen LogP contribution in [0.3, 0.4) is 0 Å². The van der Waals surface area contributed by atoms with Crippen LogP contribution in [-0.2, 0) is 11.0 Å². The molecule has 3 aromatic carbocycles. The standard InChI is InChI=1S/C28H33FN6O.C8H5F4NO/c1-5-34-25(36)18-24(21-12-14-22(29)15-13-21)26-27(20(2)33(19-30)17-9-16-32(3)4)31-35(28(26)34)23-10-7-6-8-11-23;9-8(10,11)6-3-1-2-5(4-6)7(14)13-12/h6-8,10-15,20,24H,5,9,16-18H2,1-4H3;1-4H,(H,13,14). The molecule has 1 aliphatic rings. The van der Waals surface area contributed by atoms with Gasteiger partial charge >= 0.3 is 6.18 Å². The number of anilines is 1. The fourth-order valence-electron chi connectivity index (χ4n) is 5.83. The van der Waals surface area contributed by atoms with E-state index < -0.39 is 17.6 Å². The highest BCUT2D eigenvalue weighted by molar-refractivity contribution is 5.97. The Bertz CT molecular complexity index is 1800. The lowest BCUT2D eigenvalue weighted by Crippen LogP contribution is -2.38. The van der Waals surface area contributed by atoms with Gasteiger partial charge in [-0.15, -0.1) is 0 Å². The molecule has 2 heterocycles. The van der Waals surface area contributed by atoms with Gasteiger partial charge < -0.3 is 9.80 Å². The largest absolute Gasteiger partial charge is 0.416 e. The van der Waals surface area contributed by atoms with E-state index in [1.165, 1.54) is 12.1 Å². The van der Waals surface area contributed by atoms with Crippen molar-refractivity contribution >= 4 is 17.6 Å². The summed E-state index contributed by atoms with van der Waals surface area (Å²) in [6, 6.07) is 19.3. The predicted octanol–water partition coefficient (Wildman–Crippen LogP) is 7.02. The van der Waals surface area contributed by atoms with Gasteiger partial charge in [-0.25, -0.2) is 9.07 Å². The van der Waals surface area contributed by atoms with E-state index in [1.54, 1.807) is 21.9 Å². The molecule has 0 radical (unpaired) electrons. The number of nitrogens with zero attached hydrogens (tertiary/aromatic N) is 6. The normalized spacial score (nSPS) is 14.7. The molecule has 50 heavy (non-hydrogen) atoms. The molecule has 264 valence electrons. The average molecular weight is 696 g/mol. The molecule has 0 spiro atoms. The molecule has 9 nitrogen and oxygen atoms in total. The molecular weight excluding hydrogens is 657 g/mol. The summed E-state index contributed by atoms with van der Waals surface area (Å²) in [7, 11) is 4.03. The third-order valence-corrected chi connectivity index (χ3v) is 8.33. The van der Waals surface area contributed by atoms with Crippen LogP contribution in [0.25, 0.3) is 5.69 Å². The first-order valence-electron chi connectivity index (χ1n) is 15.9. The van der Waals surface area contributed by atoms with Crippen molar-refractivity contribution in [2.45, 2.75) is 44.8 Å². The summed E-state index contributed by atoms with van der Waals surface area (Å²) < 4.78 is 63.5. The zero-order valence-electron chi connectivity index (χ0n) is 28.1. The number of carbonyl (C=O) groups is 2. The van der Waals surface area contributed by atoms with Gasteiger partial charge in [0.25, 0.3) is 5.91 Å². The number of aromatic nitrogens is 2. The lowest BCUT2D eigenvalue weighted by molar-refractivity contribution is -0.137. The minimum atomic E-state index is -4.54. The van der Waals surface area contributed by atoms with Gasteiger partial charge in [-0.05, 0) is 88.9 Å². The Balaban J connectivity index is 0.000000337. The van der Waals surface area contributed by atoms with E-state index in [0.717, 1.165) is 65.0 Å². The molecule has 0 aliphatic carbocycles. The minimum absolute atomic E-state index is 0.00117. The lowest BCUT2D eigenvalue weighted by Gasteiger charge is -2.33. The van der Waals surface area contributed by atoms with Crippen LogP contribution < -0.4 is 10.4 Å². The Morgan fingerprint density at radius 3 is 2.32 bits per heavy atom. The van der Waals surface area contributed by atoms with E-state index >= 15 is 0 Å². The second-order valence-electron chi connectivity index (χ2n) is 11.9. The van der Waals surface area contributed by atoms with Gasteiger partial charge in [0.15, 0.2) is 6.19 Å². The predicted molar refractivity (Wildman–Crippen MR) is 178 cm³/mol. The maximum atomic E-state index is 13.8. The molecule has 1 aromatic heterocycles. The summed E-state index contributed by atoms with van der Waals surface area (Å²) in [5, 5.41) is 15.1. The number of benzene rings is 3. The van der Waals surface area contributed by atoms with Crippen LogP contribution in [0.1, 0.15) is 71.4 Å². The smallest absolute Gasteiger partial charge is 0.309 e. The van der Waals surface area contributed by atoms with Gasteiger partial charge in [-0.3, -0.25) is 14.5 Å². The molecule has 2 atom stereocenters. The van der Waals surface area contributed by atoms with Crippen molar-refractivity contribution < 1.29 is 31.6 Å².